The highest BCUT2D eigenvalue weighted by Crippen LogP contribution is 2.08. The first-order valence-electron chi connectivity index (χ1n) is 9.47. The molecule has 3 amide bonds. The Labute approximate surface area is 175 Å². The number of aliphatic hydroxyl groups is 1. The van der Waals surface area contributed by atoms with E-state index < -0.39 is 54.0 Å². The zero-order valence-corrected chi connectivity index (χ0v) is 18.4. The minimum atomic E-state index is -1.19. The highest BCUT2D eigenvalue weighted by atomic mass is 32.2. The minimum Gasteiger partial charge on any atom is -0.480 e. The van der Waals surface area contributed by atoms with Crippen molar-refractivity contribution in [1.82, 2.24) is 16.0 Å². The van der Waals surface area contributed by atoms with Gasteiger partial charge in [-0.05, 0) is 44.6 Å². The Hall–Kier alpha value is -1.85. The molecule has 0 rings (SSSR count). The summed E-state index contributed by atoms with van der Waals surface area (Å²) >= 11 is 1.48. The Morgan fingerprint density at radius 2 is 1.45 bits per heavy atom. The van der Waals surface area contributed by atoms with Crippen LogP contribution in [-0.4, -0.2) is 76.2 Å². The maximum atomic E-state index is 12.8. The lowest BCUT2D eigenvalue weighted by Gasteiger charge is -2.26. The number of aliphatic hydroxyl groups excluding tert-OH is 1. The molecule has 0 aromatic carbocycles. The molecular formula is C18H34N4O6S. The second-order valence-corrected chi connectivity index (χ2v) is 8.35. The lowest BCUT2D eigenvalue weighted by molar-refractivity contribution is -0.142. The van der Waals surface area contributed by atoms with E-state index in [4.69, 9.17) is 10.8 Å². The van der Waals surface area contributed by atoms with Crippen molar-refractivity contribution >= 4 is 35.5 Å². The molecule has 7 N–H and O–H groups in total. The average molecular weight is 435 g/mol. The van der Waals surface area contributed by atoms with Gasteiger partial charge in [0.05, 0.1) is 6.10 Å². The molecule has 0 saturated carbocycles. The van der Waals surface area contributed by atoms with Gasteiger partial charge in [-0.3, -0.25) is 19.2 Å². The Balaban J connectivity index is 5.30. The van der Waals surface area contributed by atoms with Crippen LogP contribution in [0.25, 0.3) is 0 Å². The van der Waals surface area contributed by atoms with Gasteiger partial charge in [0, 0.05) is 0 Å². The normalized spacial score (nSPS) is 16.3. The quantitative estimate of drug-likeness (QED) is 0.215. The van der Waals surface area contributed by atoms with Gasteiger partial charge < -0.3 is 31.9 Å². The van der Waals surface area contributed by atoms with E-state index in [-0.39, 0.29) is 5.92 Å². The van der Waals surface area contributed by atoms with Gasteiger partial charge in [0.1, 0.15) is 24.2 Å². The molecule has 0 heterocycles. The Bertz CT molecular complexity index is 573. The number of carboxylic acid groups (broad SMARTS) is 1. The molecule has 0 bridgehead atoms. The number of nitrogens with one attached hydrogen (secondary N) is 3. The number of nitrogens with two attached hydrogens (primary N) is 1. The second-order valence-electron chi connectivity index (χ2n) is 7.37. The average Bonchev–Trinajstić information content (AvgIpc) is 2.62. The third-order valence-corrected chi connectivity index (χ3v) is 4.78. The van der Waals surface area contributed by atoms with Crippen molar-refractivity contribution in [2.75, 3.05) is 12.0 Å². The van der Waals surface area contributed by atoms with Crippen LogP contribution in [0.1, 0.15) is 40.5 Å². The molecule has 11 heteroatoms. The van der Waals surface area contributed by atoms with Crippen molar-refractivity contribution in [3.05, 3.63) is 0 Å². The minimum absolute atomic E-state index is 0.0501. The van der Waals surface area contributed by atoms with E-state index in [0.717, 1.165) is 0 Å². The summed E-state index contributed by atoms with van der Waals surface area (Å²) in [5, 5.41) is 25.9. The predicted molar refractivity (Wildman–Crippen MR) is 111 cm³/mol. The Morgan fingerprint density at radius 3 is 1.90 bits per heavy atom. The maximum Gasteiger partial charge on any atom is 0.325 e. The fourth-order valence-electron chi connectivity index (χ4n) is 2.34. The zero-order valence-electron chi connectivity index (χ0n) is 17.6. The number of rotatable bonds is 13. The van der Waals surface area contributed by atoms with Crippen LogP contribution in [0.4, 0.5) is 0 Å². The molecule has 0 spiro atoms. The van der Waals surface area contributed by atoms with Gasteiger partial charge in [0.25, 0.3) is 0 Å². The van der Waals surface area contributed by atoms with Gasteiger partial charge in [-0.1, -0.05) is 13.8 Å². The van der Waals surface area contributed by atoms with Crippen molar-refractivity contribution < 1.29 is 29.4 Å². The van der Waals surface area contributed by atoms with Crippen LogP contribution in [-0.2, 0) is 19.2 Å². The van der Waals surface area contributed by atoms with Crippen LogP contribution in [0.3, 0.4) is 0 Å². The maximum absolute atomic E-state index is 12.8. The monoisotopic (exact) mass is 434 g/mol. The van der Waals surface area contributed by atoms with E-state index in [2.05, 4.69) is 16.0 Å². The van der Waals surface area contributed by atoms with Crippen LogP contribution in [0.2, 0.25) is 0 Å². The first-order valence-corrected chi connectivity index (χ1v) is 10.9. The first-order chi connectivity index (χ1) is 13.4. The number of carbonyl (C=O) groups excluding carboxylic acids is 3. The van der Waals surface area contributed by atoms with Gasteiger partial charge in [-0.2, -0.15) is 11.8 Å². The number of carbonyl (C=O) groups is 4. The van der Waals surface area contributed by atoms with E-state index in [1.807, 2.05) is 20.1 Å². The second kappa shape index (κ2) is 13.4. The molecule has 5 unspecified atom stereocenters. The molecule has 0 fully saturated rings. The summed E-state index contributed by atoms with van der Waals surface area (Å²) in [6.45, 7) is 6.42. The first kappa shape index (κ1) is 27.1. The molecule has 0 aliphatic rings. The third kappa shape index (κ3) is 10.5. The number of carboxylic acids is 1. The van der Waals surface area contributed by atoms with Gasteiger partial charge in [-0.15, -0.1) is 0 Å². The van der Waals surface area contributed by atoms with Crippen LogP contribution in [0.15, 0.2) is 0 Å². The summed E-state index contributed by atoms with van der Waals surface area (Å²) in [5.74, 6) is -2.43. The number of aliphatic carboxylic acids is 1. The topological polar surface area (TPSA) is 171 Å². The summed E-state index contributed by atoms with van der Waals surface area (Å²) in [7, 11) is 0. The fourth-order valence-corrected chi connectivity index (χ4v) is 2.81. The molecule has 0 aliphatic carbocycles. The van der Waals surface area contributed by atoms with Crippen LogP contribution < -0.4 is 21.7 Å². The molecule has 168 valence electrons. The van der Waals surface area contributed by atoms with Crippen LogP contribution in [0, 0.1) is 5.92 Å². The number of hydrogen-bond acceptors (Lipinski definition) is 7. The van der Waals surface area contributed by atoms with Gasteiger partial charge >= 0.3 is 5.97 Å². The summed E-state index contributed by atoms with van der Waals surface area (Å²) in [4.78, 5) is 48.3. The van der Waals surface area contributed by atoms with E-state index >= 15 is 0 Å². The van der Waals surface area contributed by atoms with E-state index in [9.17, 15) is 24.3 Å². The molecule has 0 radical (unpaired) electrons. The summed E-state index contributed by atoms with van der Waals surface area (Å²) in [6.07, 6.45) is 1.35. The number of amides is 3. The van der Waals surface area contributed by atoms with Gasteiger partial charge in [-0.25, -0.2) is 0 Å². The highest BCUT2D eigenvalue weighted by molar-refractivity contribution is 7.98. The number of thioether (sulfide) groups is 1. The molecule has 0 aliphatic heterocycles. The Morgan fingerprint density at radius 1 is 0.931 bits per heavy atom. The third-order valence-electron chi connectivity index (χ3n) is 4.14. The zero-order chi connectivity index (χ0) is 22.7. The van der Waals surface area contributed by atoms with E-state index in [1.165, 1.54) is 25.6 Å². The van der Waals surface area contributed by atoms with Crippen molar-refractivity contribution in [1.29, 1.82) is 0 Å². The predicted octanol–water partition coefficient (Wildman–Crippen LogP) is -0.947. The van der Waals surface area contributed by atoms with E-state index in [0.29, 0.717) is 18.6 Å². The summed E-state index contributed by atoms with van der Waals surface area (Å²) in [6, 6.07) is -4.20. The smallest absolute Gasteiger partial charge is 0.325 e. The lowest BCUT2D eigenvalue weighted by atomic mass is 10.0. The van der Waals surface area contributed by atoms with E-state index in [1.54, 1.807) is 0 Å². The Kier molecular flexibility index (Phi) is 12.5. The standard InChI is InChI=1S/C18H34N4O6S/c1-9(2)8-13(16(25)20-10(3)18(27)28)22-15(24)12(6-7-29-5)21-17(26)14(19)11(4)23/h9-14,23H,6-8,19H2,1-5H3,(H,20,25)(H,21,26)(H,22,24)(H,27,28). The lowest BCUT2D eigenvalue weighted by Crippen LogP contribution is -2.58. The summed E-state index contributed by atoms with van der Waals surface area (Å²) in [5.41, 5.74) is 5.62. The van der Waals surface area contributed by atoms with Crippen molar-refractivity contribution in [3.63, 3.8) is 0 Å². The van der Waals surface area contributed by atoms with Crippen molar-refractivity contribution in [3.8, 4) is 0 Å². The van der Waals surface area contributed by atoms with Crippen molar-refractivity contribution in [2.45, 2.75) is 70.8 Å². The van der Waals surface area contributed by atoms with Crippen LogP contribution in [0.5, 0.6) is 0 Å². The molecule has 0 aromatic rings. The summed E-state index contributed by atoms with van der Waals surface area (Å²) < 4.78 is 0. The fraction of sp³-hybridized carbons (Fsp3) is 0.778. The van der Waals surface area contributed by atoms with Crippen LogP contribution >= 0.6 is 11.8 Å². The highest BCUT2D eigenvalue weighted by Gasteiger charge is 2.30. The number of hydrogen-bond donors (Lipinski definition) is 6. The molecule has 0 saturated heterocycles. The molecule has 5 atom stereocenters. The molecule has 0 aromatic heterocycles. The van der Waals surface area contributed by atoms with Crippen molar-refractivity contribution in [2.24, 2.45) is 11.7 Å². The molecule has 10 nitrogen and oxygen atoms in total. The molecule has 29 heavy (non-hydrogen) atoms. The molecular weight excluding hydrogens is 400 g/mol. The van der Waals surface area contributed by atoms with Gasteiger partial charge in [0.2, 0.25) is 17.7 Å². The SMILES string of the molecule is CSCCC(NC(=O)C(N)C(C)O)C(=O)NC(CC(C)C)C(=O)NC(C)C(=O)O. The van der Waals surface area contributed by atoms with Gasteiger partial charge in [0.15, 0.2) is 0 Å². The largest absolute Gasteiger partial charge is 0.480 e.